The molecular formula is C14H18F2N2O2. The first-order chi connectivity index (χ1) is 9.61. The maximum atomic E-state index is 13.6. The largest absolute Gasteiger partial charge is 0.478 e. The van der Waals surface area contributed by atoms with E-state index in [0.717, 1.165) is 31.4 Å². The minimum Gasteiger partial charge on any atom is -0.478 e. The number of amides is 1. The van der Waals surface area contributed by atoms with Crippen LogP contribution in [0.4, 0.5) is 8.78 Å². The summed E-state index contributed by atoms with van der Waals surface area (Å²) >= 11 is 0. The van der Waals surface area contributed by atoms with Crippen LogP contribution in [0.2, 0.25) is 0 Å². The zero-order valence-electron chi connectivity index (χ0n) is 11.2. The lowest BCUT2D eigenvalue weighted by Gasteiger charge is -2.26. The summed E-state index contributed by atoms with van der Waals surface area (Å²) in [6, 6.07) is 2.23. The van der Waals surface area contributed by atoms with Crippen molar-refractivity contribution in [1.82, 2.24) is 4.90 Å². The first-order valence-corrected chi connectivity index (χ1v) is 6.70. The van der Waals surface area contributed by atoms with Gasteiger partial charge in [-0.3, -0.25) is 4.79 Å². The molecule has 1 aromatic rings. The molecule has 1 aliphatic rings. The zero-order chi connectivity index (χ0) is 14.5. The molecule has 1 saturated heterocycles. The molecule has 2 rings (SSSR count). The minimum atomic E-state index is -0.836. The second kappa shape index (κ2) is 6.65. The van der Waals surface area contributed by atoms with Crippen LogP contribution in [0.1, 0.15) is 24.8 Å². The van der Waals surface area contributed by atoms with Crippen molar-refractivity contribution >= 4 is 5.91 Å². The van der Waals surface area contributed by atoms with Gasteiger partial charge in [-0.05, 0) is 37.0 Å². The molecule has 1 heterocycles. The Balaban J connectivity index is 1.98. The van der Waals surface area contributed by atoms with Crippen LogP contribution in [0.25, 0.3) is 0 Å². The van der Waals surface area contributed by atoms with Gasteiger partial charge in [0.05, 0.1) is 0 Å². The molecule has 4 nitrogen and oxygen atoms in total. The lowest BCUT2D eigenvalue weighted by molar-refractivity contribution is -0.134. The third-order valence-electron chi connectivity index (χ3n) is 3.34. The first kappa shape index (κ1) is 14.7. The van der Waals surface area contributed by atoms with Gasteiger partial charge in [0.25, 0.3) is 5.91 Å². The number of nitrogens with zero attached hydrogens (tertiary/aromatic N) is 1. The summed E-state index contributed by atoms with van der Waals surface area (Å²) in [7, 11) is 0. The Morgan fingerprint density at radius 2 is 1.80 bits per heavy atom. The summed E-state index contributed by atoms with van der Waals surface area (Å²) < 4.78 is 32.3. The Kier molecular flexibility index (Phi) is 4.89. The molecule has 0 aliphatic carbocycles. The number of carbonyl (C=O) groups is 1. The average molecular weight is 284 g/mol. The van der Waals surface area contributed by atoms with Crippen molar-refractivity contribution in [2.24, 2.45) is 5.73 Å². The standard InChI is InChI=1S/C14H18F2N2O2/c15-11-6-10(8-17)7-12(16)14(11)20-9-13(19)18-4-2-1-3-5-18/h6-7H,1-5,8-9,17H2. The molecule has 0 radical (unpaired) electrons. The molecule has 2 N–H and O–H groups in total. The van der Waals surface area contributed by atoms with Crippen LogP contribution < -0.4 is 10.5 Å². The van der Waals surface area contributed by atoms with Gasteiger partial charge < -0.3 is 15.4 Å². The molecule has 0 unspecified atom stereocenters. The molecule has 0 saturated carbocycles. The topological polar surface area (TPSA) is 55.6 Å². The summed E-state index contributed by atoms with van der Waals surface area (Å²) in [4.78, 5) is 13.5. The predicted molar refractivity (Wildman–Crippen MR) is 70.2 cm³/mol. The van der Waals surface area contributed by atoms with E-state index in [0.29, 0.717) is 18.7 Å². The lowest BCUT2D eigenvalue weighted by Crippen LogP contribution is -2.38. The monoisotopic (exact) mass is 284 g/mol. The van der Waals surface area contributed by atoms with Gasteiger partial charge in [-0.25, -0.2) is 8.78 Å². The summed E-state index contributed by atoms with van der Waals surface area (Å²) in [5.41, 5.74) is 5.66. The van der Waals surface area contributed by atoms with E-state index in [9.17, 15) is 13.6 Å². The fourth-order valence-electron chi connectivity index (χ4n) is 2.24. The van der Waals surface area contributed by atoms with Crippen molar-refractivity contribution in [2.45, 2.75) is 25.8 Å². The number of rotatable bonds is 4. The van der Waals surface area contributed by atoms with Crippen LogP contribution >= 0.6 is 0 Å². The fraction of sp³-hybridized carbons (Fsp3) is 0.500. The molecule has 0 aromatic heterocycles. The van der Waals surface area contributed by atoms with Gasteiger partial charge in [-0.1, -0.05) is 0 Å². The molecule has 1 aliphatic heterocycles. The van der Waals surface area contributed by atoms with E-state index in [1.165, 1.54) is 0 Å². The van der Waals surface area contributed by atoms with Gasteiger partial charge in [-0.2, -0.15) is 0 Å². The molecule has 0 spiro atoms. The smallest absolute Gasteiger partial charge is 0.260 e. The Labute approximate surface area is 116 Å². The molecule has 20 heavy (non-hydrogen) atoms. The third-order valence-corrected chi connectivity index (χ3v) is 3.34. The second-order valence-electron chi connectivity index (χ2n) is 4.82. The highest BCUT2D eigenvalue weighted by atomic mass is 19.1. The van der Waals surface area contributed by atoms with Crippen LogP contribution in [-0.2, 0) is 11.3 Å². The first-order valence-electron chi connectivity index (χ1n) is 6.70. The second-order valence-corrected chi connectivity index (χ2v) is 4.82. The predicted octanol–water partition coefficient (Wildman–Crippen LogP) is 1.81. The number of hydrogen-bond acceptors (Lipinski definition) is 3. The number of nitrogens with two attached hydrogens (primary N) is 1. The Bertz CT molecular complexity index is 465. The fourth-order valence-corrected chi connectivity index (χ4v) is 2.24. The third kappa shape index (κ3) is 3.45. The Hall–Kier alpha value is -1.69. The molecule has 6 heteroatoms. The zero-order valence-corrected chi connectivity index (χ0v) is 11.2. The van der Waals surface area contributed by atoms with Crippen molar-refractivity contribution in [3.8, 4) is 5.75 Å². The molecule has 110 valence electrons. The molecule has 1 fully saturated rings. The summed E-state index contributed by atoms with van der Waals surface area (Å²) in [5.74, 6) is -2.44. The highest BCUT2D eigenvalue weighted by Gasteiger charge is 2.19. The van der Waals surface area contributed by atoms with Crippen LogP contribution in [0.3, 0.4) is 0 Å². The molecule has 1 aromatic carbocycles. The summed E-state index contributed by atoms with van der Waals surface area (Å²) in [5, 5.41) is 0. The van der Waals surface area contributed by atoms with E-state index in [1.807, 2.05) is 0 Å². The van der Waals surface area contributed by atoms with E-state index in [1.54, 1.807) is 4.90 Å². The van der Waals surface area contributed by atoms with E-state index >= 15 is 0 Å². The van der Waals surface area contributed by atoms with Gasteiger partial charge in [0, 0.05) is 19.6 Å². The van der Waals surface area contributed by atoms with Crippen molar-refractivity contribution in [3.05, 3.63) is 29.3 Å². The number of halogens is 2. The van der Waals surface area contributed by atoms with Gasteiger partial charge in [0.1, 0.15) is 0 Å². The number of hydrogen-bond donors (Lipinski definition) is 1. The Morgan fingerprint density at radius 3 is 2.35 bits per heavy atom. The van der Waals surface area contributed by atoms with Crippen molar-refractivity contribution in [2.75, 3.05) is 19.7 Å². The van der Waals surface area contributed by atoms with Crippen LogP contribution in [0.15, 0.2) is 12.1 Å². The SMILES string of the molecule is NCc1cc(F)c(OCC(=O)N2CCCCC2)c(F)c1. The van der Waals surface area contributed by atoms with Gasteiger partial charge in [0.2, 0.25) is 0 Å². The number of piperidine rings is 1. The number of carbonyl (C=O) groups excluding carboxylic acids is 1. The molecular weight excluding hydrogens is 266 g/mol. The van der Waals surface area contributed by atoms with E-state index < -0.39 is 17.4 Å². The van der Waals surface area contributed by atoms with Gasteiger partial charge in [-0.15, -0.1) is 0 Å². The number of benzene rings is 1. The number of ether oxygens (including phenoxy) is 1. The van der Waals surface area contributed by atoms with Crippen molar-refractivity contribution in [1.29, 1.82) is 0 Å². The maximum absolute atomic E-state index is 13.6. The van der Waals surface area contributed by atoms with Crippen LogP contribution in [0.5, 0.6) is 5.75 Å². The molecule has 0 atom stereocenters. The van der Waals surface area contributed by atoms with E-state index in [-0.39, 0.29) is 19.1 Å². The lowest BCUT2D eigenvalue weighted by atomic mass is 10.1. The minimum absolute atomic E-state index is 0.0425. The molecule has 0 bridgehead atoms. The van der Waals surface area contributed by atoms with Gasteiger partial charge in [0.15, 0.2) is 24.0 Å². The van der Waals surface area contributed by atoms with Gasteiger partial charge >= 0.3 is 0 Å². The van der Waals surface area contributed by atoms with E-state index in [4.69, 9.17) is 10.5 Å². The van der Waals surface area contributed by atoms with E-state index in [2.05, 4.69) is 0 Å². The van der Waals surface area contributed by atoms with Crippen LogP contribution in [0, 0.1) is 11.6 Å². The van der Waals surface area contributed by atoms with Crippen molar-refractivity contribution in [3.63, 3.8) is 0 Å². The normalized spacial score (nSPS) is 15.2. The molecule has 1 amide bonds. The number of likely N-dealkylation sites (tertiary alicyclic amines) is 1. The summed E-state index contributed by atoms with van der Waals surface area (Å²) in [6.07, 6.45) is 3.02. The Morgan fingerprint density at radius 1 is 1.20 bits per heavy atom. The maximum Gasteiger partial charge on any atom is 0.260 e. The highest BCUT2D eigenvalue weighted by Crippen LogP contribution is 2.23. The van der Waals surface area contributed by atoms with Crippen molar-refractivity contribution < 1.29 is 18.3 Å². The quantitative estimate of drug-likeness (QED) is 0.917. The summed E-state index contributed by atoms with van der Waals surface area (Å²) in [6.45, 7) is 1.05. The van der Waals surface area contributed by atoms with Crippen LogP contribution in [-0.4, -0.2) is 30.5 Å². The average Bonchev–Trinajstić information content (AvgIpc) is 2.46. The highest BCUT2D eigenvalue weighted by molar-refractivity contribution is 5.77.